The minimum atomic E-state index is -0.898. The van der Waals surface area contributed by atoms with Crippen molar-refractivity contribution in [2.75, 3.05) is 0 Å². The molecular weight excluding hydrogens is 278 g/mol. The van der Waals surface area contributed by atoms with Crippen LogP contribution in [0.15, 0.2) is 30.3 Å². The standard InChI is InChI=1S/C18H25NO3/c1-13(18(21)22)17(15-9-3-2-4-10-15)19-16(20)12-11-14-7-5-6-8-14/h2-4,9-10,13-14,17H,5-8,11-12H2,1H3,(H,19,20)(H,21,22). The molecule has 120 valence electrons. The number of aliphatic carboxylic acids is 1. The Morgan fingerprint density at radius 1 is 1.23 bits per heavy atom. The van der Waals surface area contributed by atoms with E-state index < -0.39 is 17.9 Å². The van der Waals surface area contributed by atoms with E-state index in [1.807, 2.05) is 30.3 Å². The van der Waals surface area contributed by atoms with Crippen LogP contribution in [0.5, 0.6) is 0 Å². The lowest BCUT2D eigenvalue weighted by Gasteiger charge is -2.23. The van der Waals surface area contributed by atoms with Gasteiger partial charge in [0.25, 0.3) is 0 Å². The van der Waals surface area contributed by atoms with E-state index in [1.54, 1.807) is 6.92 Å². The van der Waals surface area contributed by atoms with Gasteiger partial charge in [-0.2, -0.15) is 0 Å². The fraction of sp³-hybridized carbons (Fsp3) is 0.556. The molecule has 1 saturated carbocycles. The number of benzene rings is 1. The van der Waals surface area contributed by atoms with Gasteiger partial charge >= 0.3 is 5.97 Å². The van der Waals surface area contributed by atoms with Gasteiger partial charge in [-0.15, -0.1) is 0 Å². The molecule has 2 N–H and O–H groups in total. The molecule has 0 bridgehead atoms. The number of carboxylic acids is 1. The normalized spacial score (nSPS) is 17.9. The molecule has 4 heteroatoms. The van der Waals surface area contributed by atoms with Gasteiger partial charge < -0.3 is 10.4 Å². The second-order valence-corrected chi connectivity index (χ2v) is 6.27. The molecule has 22 heavy (non-hydrogen) atoms. The minimum Gasteiger partial charge on any atom is -0.481 e. The summed E-state index contributed by atoms with van der Waals surface area (Å²) < 4.78 is 0. The predicted octanol–water partition coefficient (Wildman–Crippen LogP) is 3.54. The number of carbonyl (C=O) groups excluding carboxylic acids is 1. The average Bonchev–Trinajstić information content (AvgIpc) is 3.04. The largest absolute Gasteiger partial charge is 0.481 e. The number of nitrogens with one attached hydrogen (secondary N) is 1. The van der Waals surface area contributed by atoms with Crippen molar-refractivity contribution < 1.29 is 14.7 Å². The van der Waals surface area contributed by atoms with Gasteiger partial charge in [-0.1, -0.05) is 56.0 Å². The Bertz CT molecular complexity index is 494. The summed E-state index contributed by atoms with van der Waals surface area (Å²) in [5, 5.41) is 12.2. The molecule has 1 aromatic rings. The first kappa shape index (κ1) is 16.5. The highest BCUT2D eigenvalue weighted by atomic mass is 16.4. The van der Waals surface area contributed by atoms with Crippen LogP contribution in [-0.4, -0.2) is 17.0 Å². The molecule has 0 heterocycles. The lowest BCUT2D eigenvalue weighted by Crippen LogP contribution is -2.35. The Kier molecular flexibility index (Phi) is 5.99. The second-order valence-electron chi connectivity index (χ2n) is 6.27. The fourth-order valence-electron chi connectivity index (χ4n) is 3.18. The summed E-state index contributed by atoms with van der Waals surface area (Å²) in [6.07, 6.45) is 6.39. The first-order valence-corrected chi connectivity index (χ1v) is 8.15. The third-order valence-electron chi connectivity index (χ3n) is 4.62. The number of carboxylic acid groups (broad SMARTS) is 1. The Hall–Kier alpha value is -1.84. The van der Waals surface area contributed by atoms with Gasteiger partial charge in [0.05, 0.1) is 12.0 Å². The number of amides is 1. The Morgan fingerprint density at radius 2 is 1.86 bits per heavy atom. The molecule has 0 spiro atoms. The predicted molar refractivity (Wildman–Crippen MR) is 85.3 cm³/mol. The molecule has 1 fully saturated rings. The smallest absolute Gasteiger partial charge is 0.308 e. The van der Waals surface area contributed by atoms with Crippen LogP contribution < -0.4 is 5.32 Å². The molecule has 4 nitrogen and oxygen atoms in total. The minimum absolute atomic E-state index is 0.0474. The summed E-state index contributed by atoms with van der Waals surface area (Å²) in [6, 6.07) is 8.86. The highest BCUT2D eigenvalue weighted by Gasteiger charge is 2.27. The van der Waals surface area contributed by atoms with Crippen LogP contribution in [0.3, 0.4) is 0 Å². The molecule has 0 aliphatic heterocycles. The third kappa shape index (κ3) is 4.58. The monoisotopic (exact) mass is 303 g/mol. The second kappa shape index (κ2) is 7.97. The van der Waals surface area contributed by atoms with Crippen molar-refractivity contribution >= 4 is 11.9 Å². The van der Waals surface area contributed by atoms with E-state index >= 15 is 0 Å². The molecule has 1 aliphatic carbocycles. The Morgan fingerprint density at radius 3 is 2.45 bits per heavy atom. The van der Waals surface area contributed by atoms with E-state index in [4.69, 9.17) is 0 Å². The molecule has 1 aliphatic rings. The average molecular weight is 303 g/mol. The van der Waals surface area contributed by atoms with Gasteiger partial charge in [-0.25, -0.2) is 0 Å². The zero-order chi connectivity index (χ0) is 15.9. The topological polar surface area (TPSA) is 66.4 Å². The van der Waals surface area contributed by atoms with Crippen molar-refractivity contribution in [2.24, 2.45) is 11.8 Å². The van der Waals surface area contributed by atoms with Gasteiger partial charge in [-0.3, -0.25) is 9.59 Å². The fourth-order valence-corrected chi connectivity index (χ4v) is 3.18. The van der Waals surface area contributed by atoms with Crippen molar-refractivity contribution in [3.05, 3.63) is 35.9 Å². The van der Waals surface area contributed by atoms with E-state index in [2.05, 4.69) is 5.32 Å². The van der Waals surface area contributed by atoms with Crippen LogP contribution in [0.4, 0.5) is 0 Å². The zero-order valence-electron chi connectivity index (χ0n) is 13.1. The summed E-state index contributed by atoms with van der Waals surface area (Å²) in [5.41, 5.74) is 0.839. The zero-order valence-corrected chi connectivity index (χ0v) is 13.1. The van der Waals surface area contributed by atoms with Gasteiger partial charge in [-0.05, 0) is 24.8 Å². The molecule has 0 radical (unpaired) electrons. The number of hydrogen-bond donors (Lipinski definition) is 2. The van der Waals surface area contributed by atoms with Gasteiger partial charge in [0.1, 0.15) is 0 Å². The molecule has 2 unspecified atom stereocenters. The first-order valence-electron chi connectivity index (χ1n) is 8.15. The van der Waals surface area contributed by atoms with Gasteiger partial charge in [0.15, 0.2) is 0 Å². The van der Waals surface area contributed by atoms with Crippen molar-refractivity contribution in [3.8, 4) is 0 Å². The van der Waals surface area contributed by atoms with E-state index in [0.717, 1.165) is 12.0 Å². The number of carbonyl (C=O) groups is 2. The quantitative estimate of drug-likeness (QED) is 0.809. The molecule has 2 rings (SSSR count). The highest BCUT2D eigenvalue weighted by molar-refractivity contribution is 5.78. The maximum atomic E-state index is 12.2. The summed E-state index contributed by atoms with van der Waals surface area (Å²) in [5.74, 6) is -0.936. The van der Waals surface area contributed by atoms with Crippen molar-refractivity contribution in [2.45, 2.75) is 51.5 Å². The van der Waals surface area contributed by atoms with Crippen LogP contribution in [0, 0.1) is 11.8 Å². The molecule has 1 amide bonds. The van der Waals surface area contributed by atoms with Crippen LogP contribution in [0.25, 0.3) is 0 Å². The number of rotatable bonds is 7. The van der Waals surface area contributed by atoms with Crippen molar-refractivity contribution in [3.63, 3.8) is 0 Å². The third-order valence-corrected chi connectivity index (χ3v) is 4.62. The summed E-state index contributed by atoms with van der Waals surface area (Å²) in [4.78, 5) is 23.5. The van der Waals surface area contributed by atoms with Crippen molar-refractivity contribution in [1.82, 2.24) is 5.32 Å². The molecule has 0 aromatic heterocycles. The van der Waals surface area contributed by atoms with E-state index in [-0.39, 0.29) is 5.91 Å². The maximum absolute atomic E-state index is 12.2. The summed E-state index contributed by atoms with van der Waals surface area (Å²) in [6.45, 7) is 1.64. The summed E-state index contributed by atoms with van der Waals surface area (Å²) in [7, 11) is 0. The first-order chi connectivity index (χ1) is 10.6. The van der Waals surface area contributed by atoms with E-state index in [1.165, 1.54) is 25.7 Å². The summed E-state index contributed by atoms with van der Waals surface area (Å²) >= 11 is 0. The van der Waals surface area contributed by atoms with E-state index in [9.17, 15) is 14.7 Å². The lowest BCUT2D eigenvalue weighted by atomic mass is 9.94. The van der Waals surface area contributed by atoms with Crippen molar-refractivity contribution in [1.29, 1.82) is 0 Å². The number of hydrogen-bond acceptors (Lipinski definition) is 2. The maximum Gasteiger partial charge on any atom is 0.308 e. The van der Waals surface area contributed by atoms with Gasteiger partial charge in [0.2, 0.25) is 5.91 Å². The Labute approximate surface area is 131 Å². The Balaban J connectivity index is 1.96. The molecule has 1 aromatic carbocycles. The van der Waals surface area contributed by atoms with Crippen LogP contribution in [0.2, 0.25) is 0 Å². The molecule has 0 saturated heterocycles. The molecular formula is C18H25NO3. The van der Waals surface area contributed by atoms with E-state index in [0.29, 0.717) is 12.3 Å². The SMILES string of the molecule is CC(C(=O)O)C(NC(=O)CCC1CCCC1)c1ccccc1. The highest BCUT2D eigenvalue weighted by Crippen LogP contribution is 2.29. The van der Waals surface area contributed by atoms with Crippen LogP contribution in [-0.2, 0) is 9.59 Å². The molecule has 2 atom stereocenters. The van der Waals surface area contributed by atoms with Gasteiger partial charge in [0, 0.05) is 6.42 Å². The van der Waals surface area contributed by atoms with Crippen LogP contribution >= 0.6 is 0 Å². The lowest BCUT2D eigenvalue weighted by molar-refractivity contribution is -0.142. The van der Waals surface area contributed by atoms with Crippen LogP contribution in [0.1, 0.15) is 57.1 Å².